The number of hydrogen-bond donors (Lipinski definition) is 3. The van der Waals surface area contributed by atoms with Crippen LogP contribution in [0.2, 0.25) is 0 Å². The standard InChI is InChI=1S/C23H19FN6O2.C2H6/c1-30-21-19(17(9-25)29-30)12-8-18(23(26)28-10-12)32-11-13-7-14(24)4-5-15(13)20-16(22(21)31)3-2-6-27-20;1-2/h2-5,7-8,10,17,27,29H,6,11H2,1H3,(H2,26,28);1-2H3. The van der Waals surface area contributed by atoms with Gasteiger partial charge in [-0.3, -0.25) is 4.79 Å². The average Bonchev–Trinajstić information content (AvgIpc) is 3.20. The number of nitrogen functional groups attached to an aromatic ring is 1. The lowest BCUT2D eigenvalue weighted by Crippen LogP contribution is -2.35. The molecule has 1 atom stereocenters. The largest absolute Gasteiger partial charge is 0.485 e. The third-order valence-electron chi connectivity index (χ3n) is 5.65. The molecule has 174 valence electrons. The van der Waals surface area contributed by atoms with Crippen LogP contribution >= 0.6 is 0 Å². The van der Waals surface area contributed by atoms with E-state index in [-0.39, 0.29) is 24.0 Å². The number of nitrogens with one attached hydrogen (secondary N) is 2. The van der Waals surface area contributed by atoms with Gasteiger partial charge in [0.05, 0.1) is 11.8 Å². The van der Waals surface area contributed by atoms with Crippen LogP contribution in [0, 0.1) is 17.1 Å². The van der Waals surface area contributed by atoms with Crippen molar-refractivity contribution < 1.29 is 13.9 Å². The van der Waals surface area contributed by atoms with Crippen LogP contribution in [0.4, 0.5) is 10.2 Å². The van der Waals surface area contributed by atoms with Crippen molar-refractivity contribution in [1.29, 1.82) is 5.26 Å². The smallest absolute Gasteiger partial charge is 0.212 e. The van der Waals surface area contributed by atoms with E-state index in [2.05, 4.69) is 21.8 Å². The first-order valence-corrected chi connectivity index (χ1v) is 11.0. The minimum Gasteiger partial charge on any atom is -0.485 e. The summed E-state index contributed by atoms with van der Waals surface area (Å²) in [6.45, 7) is 4.53. The number of fused-ring (bicyclic) bond motifs is 5. The van der Waals surface area contributed by atoms with Crippen molar-refractivity contribution in [3.8, 4) is 11.8 Å². The molecule has 1 unspecified atom stereocenters. The number of benzene rings is 1. The SMILES string of the molecule is CC.CN1NC(C#N)C2=C1C(=O)C1=C(NCC=C1)c1ccc(F)cc1COc1cc2cnc1N. The molecule has 9 heteroatoms. The van der Waals surface area contributed by atoms with Gasteiger partial charge in [-0.25, -0.2) is 14.8 Å². The Morgan fingerprint density at radius 1 is 1.32 bits per heavy atom. The molecule has 5 rings (SSSR count). The van der Waals surface area contributed by atoms with Crippen LogP contribution in [0.3, 0.4) is 0 Å². The number of hydrogen-bond acceptors (Lipinski definition) is 8. The summed E-state index contributed by atoms with van der Waals surface area (Å²) in [5.74, 6) is -0.250. The Morgan fingerprint density at radius 3 is 2.88 bits per heavy atom. The molecule has 2 aromatic rings. The summed E-state index contributed by atoms with van der Waals surface area (Å²) in [6.07, 6.45) is 5.11. The molecule has 4 heterocycles. The summed E-state index contributed by atoms with van der Waals surface area (Å²) in [5, 5.41) is 14.5. The quantitative estimate of drug-likeness (QED) is 0.550. The van der Waals surface area contributed by atoms with Gasteiger partial charge in [0, 0.05) is 47.6 Å². The van der Waals surface area contributed by atoms with E-state index >= 15 is 0 Å². The molecular formula is C25H25FN6O2. The number of hydrazine groups is 1. The molecule has 8 nitrogen and oxygen atoms in total. The highest BCUT2D eigenvalue weighted by molar-refractivity contribution is 6.18. The van der Waals surface area contributed by atoms with Crippen LogP contribution in [0.1, 0.15) is 30.5 Å². The number of carbonyl (C=O) groups excluding carboxylic acids is 1. The summed E-state index contributed by atoms with van der Waals surface area (Å²) >= 11 is 0. The molecule has 0 spiro atoms. The van der Waals surface area contributed by atoms with Gasteiger partial charge < -0.3 is 20.8 Å². The van der Waals surface area contributed by atoms with Crippen LogP contribution in [-0.2, 0) is 11.4 Å². The molecule has 0 aliphatic carbocycles. The normalized spacial score (nSPS) is 18.7. The van der Waals surface area contributed by atoms with Gasteiger partial charge in [0.15, 0.2) is 11.6 Å². The molecule has 4 N–H and O–H groups in total. The second-order valence-electron chi connectivity index (χ2n) is 7.61. The lowest BCUT2D eigenvalue weighted by Gasteiger charge is -2.23. The van der Waals surface area contributed by atoms with Crippen molar-refractivity contribution in [2.24, 2.45) is 0 Å². The highest BCUT2D eigenvalue weighted by Gasteiger charge is 2.37. The molecule has 3 aliphatic heterocycles. The van der Waals surface area contributed by atoms with Crippen molar-refractivity contribution in [3.05, 3.63) is 76.4 Å². The number of ketones is 1. The first-order valence-electron chi connectivity index (χ1n) is 11.0. The van der Waals surface area contributed by atoms with E-state index in [1.165, 1.54) is 18.3 Å². The Balaban J connectivity index is 0.00000133. The fourth-order valence-electron chi connectivity index (χ4n) is 4.18. The molecule has 3 aliphatic rings. The van der Waals surface area contributed by atoms with Crippen molar-refractivity contribution in [2.75, 3.05) is 19.3 Å². The third kappa shape index (κ3) is 3.89. The Kier molecular flexibility index (Phi) is 6.34. The van der Waals surface area contributed by atoms with Gasteiger partial charge in [0.1, 0.15) is 24.2 Å². The number of ether oxygens (including phenoxy) is 1. The van der Waals surface area contributed by atoms with Crippen LogP contribution in [0.25, 0.3) is 11.3 Å². The van der Waals surface area contributed by atoms with Crippen LogP contribution in [0.5, 0.6) is 5.75 Å². The van der Waals surface area contributed by atoms with Crippen LogP contribution in [-0.4, -0.2) is 35.4 Å². The van der Waals surface area contributed by atoms with E-state index in [1.54, 1.807) is 30.3 Å². The van der Waals surface area contributed by atoms with Crippen molar-refractivity contribution in [3.63, 3.8) is 0 Å². The van der Waals surface area contributed by atoms with Crippen molar-refractivity contribution >= 4 is 22.9 Å². The van der Waals surface area contributed by atoms with Crippen LogP contribution < -0.4 is 21.2 Å². The number of halogens is 1. The number of allylic oxidation sites excluding steroid dienone is 2. The maximum atomic E-state index is 14.1. The van der Waals surface area contributed by atoms with E-state index < -0.39 is 11.9 Å². The topological polar surface area (TPSA) is 116 Å². The first-order chi connectivity index (χ1) is 16.5. The number of likely N-dealkylation sites (N-methyl/N-ethyl adjacent to an activating group) is 1. The Bertz CT molecular complexity index is 1290. The fourth-order valence-corrected chi connectivity index (χ4v) is 4.18. The van der Waals surface area contributed by atoms with E-state index in [0.717, 1.165) is 0 Å². The van der Waals surface area contributed by atoms with Gasteiger partial charge >= 0.3 is 0 Å². The lowest BCUT2D eigenvalue weighted by molar-refractivity contribution is -0.113. The van der Waals surface area contributed by atoms with Gasteiger partial charge in [-0.2, -0.15) is 5.26 Å². The fraction of sp³-hybridized carbons (Fsp3) is 0.240. The zero-order chi connectivity index (χ0) is 24.4. The Morgan fingerprint density at radius 2 is 2.12 bits per heavy atom. The highest BCUT2D eigenvalue weighted by atomic mass is 19.1. The molecule has 0 radical (unpaired) electrons. The van der Waals surface area contributed by atoms with Crippen molar-refractivity contribution in [1.82, 2.24) is 20.7 Å². The molecule has 34 heavy (non-hydrogen) atoms. The molecular weight excluding hydrogens is 435 g/mol. The third-order valence-corrected chi connectivity index (χ3v) is 5.65. The number of carbonyl (C=O) groups is 1. The summed E-state index contributed by atoms with van der Waals surface area (Å²) in [5.41, 5.74) is 12.6. The minimum absolute atomic E-state index is 0.0184. The predicted octanol–water partition coefficient (Wildman–Crippen LogP) is 2.91. The van der Waals surface area contributed by atoms with Gasteiger partial charge in [0.2, 0.25) is 5.78 Å². The monoisotopic (exact) mass is 460 g/mol. The zero-order valence-corrected chi connectivity index (χ0v) is 19.1. The predicted molar refractivity (Wildman–Crippen MR) is 127 cm³/mol. The summed E-state index contributed by atoms with van der Waals surface area (Å²) in [4.78, 5) is 18.0. The highest BCUT2D eigenvalue weighted by Crippen LogP contribution is 2.36. The molecule has 0 saturated heterocycles. The van der Waals surface area contributed by atoms with Crippen LogP contribution in [0.15, 0.2) is 53.9 Å². The minimum atomic E-state index is -0.758. The molecule has 0 saturated carbocycles. The molecule has 1 aromatic carbocycles. The van der Waals surface area contributed by atoms with Crippen molar-refractivity contribution in [2.45, 2.75) is 26.5 Å². The average molecular weight is 461 g/mol. The zero-order valence-electron chi connectivity index (χ0n) is 19.1. The molecule has 1 aromatic heterocycles. The number of Topliss-reactive ketones (excluding diaryl/α,β-unsaturated/α-hetero) is 1. The second-order valence-corrected chi connectivity index (χ2v) is 7.61. The Labute approximate surface area is 197 Å². The van der Waals surface area contributed by atoms with E-state index in [0.29, 0.717) is 45.8 Å². The van der Waals surface area contributed by atoms with Gasteiger partial charge in [-0.1, -0.05) is 26.0 Å². The number of dihydropyridines is 1. The summed E-state index contributed by atoms with van der Waals surface area (Å²) in [6, 6.07) is 7.43. The molecule has 0 amide bonds. The number of anilines is 1. The Hall–Kier alpha value is -4.16. The first kappa shape index (κ1) is 23.0. The summed E-state index contributed by atoms with van der Waals surface area (Å²) < 4.78 is 20.0. The number of aromatic nitrogens is 1. The van der Waals surface area contributed by atoms with Gasteiger partial charge in [0.25, 0.3) is 0 Å². The lowest BCUT2D eigenvalue weighted by atomic mass is 9.91. The number of pyridine rings is 1. The van der Waals surface area contributed by atoms with E-state index in [9.17, 15) is 14.4 Å². The number of nitriles is 1. The molecule has 0 fully saturated rings. The maximum absolute atomic E-state index is 14.1. The summed E-state index contributed by atoms with van der Waals surface area (Å²) in [7, 11) is 1.68. The van der Waals surface area contributed by atoms with Gasteiger partial charge in [-0.15, -0.1) is 0 Å². The second kappa shape index (κ2) is 9.37. The van der Waals surface area contributed by atoms with E-state index in [4.69, 9.17) is 10.5 Å². The maximum Gasteiger partial charge on any atom is 0.212 e. The number of nitrogens with two attached hydrogens (primary N) is 1. The van der Waals surface area contributed by atoms with E-state index in [1.807, 2.05) is 19.9 Å². The number of rotatable bonds is 0. The molecule has 2 bridgehead atoms. The number of nitrogens with zero attached hydrogens (tertiary/aromatic N) is 3. The van der Waals surface area contributed by atoms with Gasteiger partial charge in [-0.05, 0) is 24.3 Å².